The molecular formula is C16H15N3O2. The lowest BCUT2D eigenvalue weighted by Gasteiger charge is -2.13. The average molecular weight is 281 g/mol. The maximum atomic E-state index is 11.4. The molecule has 1 N–H and O–H groups in total. The molecule has 0 saturated carbocycles. The zero-order chi connectivity index (χ0) is 15.0. The van der Waals surface area contributed by atoms with Gasteiger partial charge >= 0.3 is 5.97 Å². The summed E-state index contributed by atoms with van der Waals surface area (Å²) in [5, 5.41) is 9.38. The second-order valence-corrected chi connectivity index (χ2v) is 5.10. The molecule has 106 valence electrons. The van der Waals surface area contributed by atoms with Gasteiger partial charge in [-0.1, -0.05) is 18.2 Å². The number of hydrogen-bond acceptors (Lipinski definition) is 3. The van der Waals surface area contributed by atoms with Crippen LogP contribution in [0.15, 0.2) is 42.6 Å². The molecule has 3 aromatic rings. The molecule has 0 fully saturated rings. The Morgan fingerprint density at radius 2 is 1.95 bits per heavy atom. The highest BCUT2D eigenvalue weighted by molar-refractivity contribution is 5.96. The quantitative estimate of drug-likeness (QED) is 0.799. The van der Waals surface area contributed by atoms with Crippen molar-refractivity contribution < 1.29 is 9.90 Å². The summed E-state index contributed by atoms with van der Waals surface area (Å²) in [5.41, 5.74) is 2.38. The molecule has 3 rings (SSSR count). The van der Waals surface area contributed by atoms with Crippen molar-refractivity contribution in [3.8, 4) is 11.4 Å². The largest absolute Gasteiger partial charge is 0.478 e. The average Bonchev–Trinajstić information content (AvgIpc) is 2.86. The highest BCUT2D eigenvalue weighted by Crippen LogP contribution is 2.29. The van der Waals surface area contributed by atoms with Gasteiger partial charge in [-0.2, -0.15) is 0 Å². The van der Waals surface area contributed by atoms with Crippen molar-refractivity contribution in [1.29, 1.82) is 0 Å². The summed E-state index contributed by atoms with van der Waals surface area (Å²) < 4.78 is 1.97. The first kappa shape index (κ1) is 13.3. The molecule has 2 heterocycles. The van der Waals surface area contributed by atoms with E-state index in [4.69, 9.17) is 0 Å². The first-order valence-electron chi connectivity index (χ1n) is 6.75. The monoisotopic (exact) mass is 281 g/mol. The molecule has 0 aliphatic carbocycles. The highest BCUT2D eigenvalue weighted by atomic mass is 16.4. The van der Waals surface area contributed by atoms with Crippen molar-refractivity contribution in [2.75, 3.05) is 0 Å². The molecule has 1 aromatic carbocycles. The minimum absolute atomic E-state index is 0.127. The van der Waals surface area contributed by atoms with Gasteiger partial charge in [0.25, 0.3) is 0 Å². The molecule has 0 bridgehead atoms. The lowest BCUT2D eigenvalue weighted by molar-refractivity contribution is 0.0697. The first-order valence-corrected chi connectivity index (χ1v) is 6.75. The van der Waals surface area contributed by atoms with Crippen LogP contribution in [-0.2, 0) is 0 Å². The number of fused-ring (bicyclic) bond motifs is 1. The Kier molecular flexibility index (Phi) is 3.17. The van der Waals surface area contributed by atoms with E-state index in [1.54, 1.807) is 24.4 Å². The van der Waals surface area contributed by atoms with Gasteiger partial charge < -0.3 is 9.67 Å². The summed E-state index contributed by atoms with van der Waals surface area (Å²) >= 11 is 0. The number of carboxylic acids is 1. The predicted octanol–water partition coefficient (Wildman–Crippen LogP) is 3.38. The topological polar surface area (TPSA) is 68.0 Å². The van der Waals surface area contributed by atoms with Crippen LogP contribution >= 0.6 is 0 Å². The van der Waals surface area contributed by atoms with Gasteiger partial charge in [0, 0.05) is 17.8 Å². The van der Waals surface area contributed by atoms with Gasteiger partial charge in [0.15, 0.2) is 5.65 Å². The van der Waals surface area contributed by atoms with Crippen molar-refractivity contribution >= 4 is 17.1 Å². The molecule has 0 aliphatic rings. The number of nitrogens with zero attached hydrogens (tertiary/aromatic N) is 3. The Labute approximate surface area is 121 Å². The molecule has 5 heteroatoms. The number of carboxylic acid groups (broad SMARTS) is 1. The normalized spacial score (nSPS) is 11.2. The Morgan fingerprint density at radius 1 is 1.19 bits per heavy atom. The highest BCUT2D eigenvalue weighted by Gasteiger charge is 2.20. The van der Waals surface area contributed by atoms with Gasteiger partial charge in [0.2, 0.25) is 0 Å². The van der Waals surface area contributed by atoms with Crippen LogP contribution in [0.5, 0.6) is 0 Å². The summed E-state index contributed by atoms with van der Waals surface area (Å²) in [6.45, 7) is 4.06. The van der Waals surface area contributed by atoms with Gasteiger partial charge in [-0.15, -0.1) is 0 Å². The van der Waals surface area contributed by atoms with Crippen LogP contribution in [0, 0.1) is 0 Å². The number of carbonyl (C=O) groups is 1. The Morgan fingerprint density at radius 3 is 2.67 bits per heavy atom. The third kappa shape index (κ3) is 2.16. The number of hydrogen-bond donors (Lipinski definition) is 1. The summed E-state index contributed by atoms with van der Waals surface area (Å²) in [7, 11) is 0. The van der Waals surface area contributed by atoms with E-state index in [0.29, 0.717) is 11.4 Å². The number of aromatic carboxylic acids is 1. The maximum absolute atomic E-state index is 11.4. The lowest BCUT2D eigenvalue weighted by Crippen LogP contribution is -2.07. The van der Waals surface area contributed by atoms with E-state index in [1.807, 2.05) is 36.6 Å². The van der Waals surface area contributed by atoms with Gasteiger partial charge in [-0.25, -0.2) is 14.8 Å². The number of benzene rings is 1. The number of aromatic nitrogens is 3. The van der Waals surface area contributed by atoms with E-state index in [-0.39, 0.29) is 11.6 Å². The third-order valence-electron chi connectivity index (χ3n) is 3.36. The SMILES string of the molecule is CC(C)n1c(-c2ccccc2C(=O)O)nc2cccnc21. The first-order chi connectivity index (χ1) is 10.1. The summed E-state index contributed by atoms with van der Waals surface area (Å²) in [5.74, 6) is -0.322. The predicted molar refractivity (Wildman–Crippen MR) is 80.3 cm³/mol. The van der Waals surface area contributed by atoms with Crippen LogP contribution < -0.4 is 0 Å². The van der Waals surface area contributed by atoms with E-state index in [1.165, 1.54) is 0 Å². The van der Waals surface area contributed by atoms with E-state index in [2.05, 4.69) is 9.97 Å². The minimum atomic E-state index is -0.957. The minimum Gasteiger partial charge on any atom is -0.478 e. The van der Waals surface area contributed by atoms with Crippen LogP contribution in [0.1, 0.15) is 30.2 Å². The van der Waals surface area contributed by atoms with Gasteiger partial charge in [0.1, 0.15) is 11.3 Å². The summed E-state index contributed by atoms with van der Waals surface area (Å²) in [6.07, 6.45) is 1.72. The molecule has 2 aromatic heterocycles. The molecule has 0 amide bonds. The second-order valence-electron chi connectivity index (χ2n) is 5.10. The van der Waals surface area contributed by atoms with Crippen molar-refractivity contribution in [3.63, 3.8) is 0 Å². The van der Waals surface area contributed by atoms with Crippen molar-refractivity contribution in [2.45, 2.75) is 19.9 Å². The van der Waals surface area contributed by atoms with Crippen LogP contribution in [0.2, 0.25) is 0 Å². The van der Waals surface area contributed by atoms with Crippen molar-refractivity contribution in [1.82, 2.24) is 14.5 Å². The van der Waals surface area contributed by atoms with E-state index in [9.17, 15) is 9.90 Å². The fourth-order valence-corrected chi connectivity index (χ4v) is 2.47. The Bertz CT molecular complexity index is 821. The van der Waals surface area contributed by atoms with Crippen LogP contribution in [0.25, 0.3) is 22.6 Å². The van der Waals surface area contributed by atoms with E-state index >= 15 is 0 Å². The summed E-state index contributed by atoms with van der Waals surface area (Å²) in [6, 6.07) is 10.7. The third-order valence-corrected chi connectivity index (χ3v) is 3.36. The van der Waals surface area contributed by atoms with Crippen LogP contribution in [0.4, 0.5) is 0 Å². The standard InChI is InChI=1S/C16H15N3O2/c1-10(2)19-14(18-13-8-5-9-17-15(13)19)11-6-3-4-7-12(11)16(20)21/h3-10H,1-2H3,(H,20,21). The maximum Gasteiger partial charge on any atom is 0.336 e. The fraction of sp³-hybridized carbons (Fsp3) is 0.188. The molecular weight excluding hydrogens is 266 g/mol. The molecule has 0 unspecified atom stereocenters. The second kappa shape index (κ2) is 5.01. The van der Waals surface area contributed by atoms with Gasteiger partial charge in [-0.05, 0) is 32.0 Å². The molecule has 0 aliphatic heterocycles. The molecule has 0 atom stereocenters. The van der Waals surface area contributed by atoms with Crippen LogP contribution in [0.3, 0.4) is 0 Å². The Balaban J connectivity index is 2.35. The zero-order valence-electron chi connectivity index (χ0n) is 11.8. The van der Waals surface area contributed by atoms with E-state index in [0.717, 1.165) is 11.2 Å². The smallest absolute Gasteiger partial charge is 0.336 e. The van der Waals surface area contributed by atoms with E-state index < -0.39 is 5.97 Å². The van der Waals surface area contributed by atoms with Crippen LogP contribution in [-0.4, -0.2) is 25.6 Å². The number of rotatable bonds is 3. The van der Waals surface area contributed by atoms with Gasteiger partial charge in [0.05, 0.1) is 5.56 Å². The van der Waals surface area contributed by atoms with Gasteiger partial charge in [-0.3, -0.25) is 0 Å². The zero-order valence-corrected chi connectivity index (χ0v) is 11.8. The van der Waals surface area contributed by atoms with Crippen molar-refractivity contribution in [2.24, 2.45) is 0 Å². The number of pyridine rings is 1. The summed E-state index contributed by atoms with van der Waals surface area (Å²) in [4.78, 5) is 20.4. The van der Waals surface area contributed by atoms with Crippen molar-refractivity contribution in [3.05, 3.63) is 48.2 Å². The Hall–Kier alpha value is -2.69. The number of imidazole rings is 1. The molecule has 0 spiro atoms. The molecule has 5 nitrogen and oxygen atoms in total. The lowest BCUT2D eigenvalue weighted by atomic mass is 10.1. The molecule has 21 heavy (non-hydrogen) atoms. The molecule has 0 saturated heterocycles. The molecule has 0 radical (unpaired) electrons. The fourth-order valence-electron chi connectivity index (χ4n) is 2.47.